The zero-order chi connectivity index (χ0) is 43.1. The van der Waals surface area contributed by atoms with Crippen molar-refractivity contribution in [3.05, 3.63) is 53.4 Å². The molecule has 15 heteroatoms. The molecule has 0 aromatic heterocycles. The Morgan fingerprint density at radius 3 is 2.55 bits per heavy atom. The lowest BCUT2D eigenvalue weighted by atomic mass is 9.46. The fraction of sp³-hybridized carbons (Fsp3) is 0.689. The van der Waals surface area contributed by atoms with E-state index in [0.29, 0.717) is 44.3 Å². The predicted octanol–water partition coefficient (Wildman–Crippen LogP) is 3.45. The second-order valence-corrected chi connectivity index (χ2v) is 18.7. The smallest absolute Gasteiger partial charge is 0.305 e. The number of nitrogens with one attached hydrogen (secondary N) is 2. The third-order valence-corrected chi connectivity index (χ3v) is 14.6. The number of ether oxygens (including phenoxy) is 4. The van der Waals surface area contributed by atoms with Gasteiger partial charge in [-0.05, 0) is 99.8 Å². The number of carbonyl (C=O) groups excluding carboxylic acids is 4. The Balaban J connectivity index is 0.969. The molecule has 60 heavy (non-hydrogen) atoms. The maximum Gasteiger partial charge on any atom is 0.305 e. The fourth-order valence-corrected chi connectivity index (χ4v) is 11.7. The van der Waals surface area contributed by atoms with E-state index in [9.17, 15) is 34.5 Å². The van der Waals surface area contributed by atoms with Crippen molar-refractivity contribution < 1.29 is 57.8 Å². The summed E-state index contributed by atoms with van der Waals surface area (Å²) in [6.07, 6.45) is 5.76. The van der Waals surface area contributed by atoms with Crippen LogP contribution in [0.25, 0.3) is 0 Å². The Kier molecular flexibility index (Phi) is 13.1. The summed E-state index contributed by atoms with van der Waals surface area (Å²) in [6, 6.07) is 3.59. The number of rotatable bonds is 15. The molecular weight excluding hydrogens is 778 g/mol. The van der Waals surface area contributed by atoms with E-state index >= 15 is 4.39 Å². The third-order valence-electron chi connectivity index (χ3n) is 14.6. The van der Waals surface area contributed by atoms with Gasteiger partial charge in [0.1, 0.15) is 24.4 Å². The van der Waals surface area contributed by atoms with E-state index in [4.69, 9.17) is 24.7 Å². The molecule has 1 aromatic rings. The molecule has 1 heterocycles. The maximum atomic E-state index is 16.0. The summed E-state index contributed by atoms with van der Waals surface area (Å²) in [5.74, 6) is -1.86. The number of fused-ring (bicyclic) bond motifs is 7. The lowest BCUT2D eigenvalue weighted by Gasteiger charge is -2.59. The van der Waals surface area contributed by atoms with Gasteiger partial charge in [-0.25, -0.2) is 4.39 Å². The molecule has 0 spiro atoms. The minimum absolute atomic E-state index is 0.000123. The van der Waals surface area contributed by atoms with Gasteiger partial charge in [-0.15, -0.1) is 0 Å². The van der Waals surface area contributed by atoms with Crippen LogP contribution in [0, 0.1) is 40.3 Å². The minimum atomic E-state index is -1.60. The molecule has 4 saturated carbocycles. The topological polar surface area (TPSA) is 216 Å². The van der Waals surface area contributed by atoms with Crippen molar-refractivity contribution in [2.75, 3.05) is 19.8 Å². The molecule has 1 saturated heterocycles. The summed E-state index contributed by atoms with van der Waals surface area (Å²) < 4.78 is 40.5. The quantitative estimate of drug-likeness (QED) is 0.110. The number of allylic oxidation sites excluding steroid dienone is 4. The van der Waals surface area contributed by atoms with Crippen LogP contribution in [0.5, 0.6) is 5.75 Å². The number of hydrogen-bond acceptors (Lipinski definition) is 13. The van der Waals surface area contributed by atoms with Crippen LogP contribution in [-0.4, -0.2) is 101 Å². The second kappa shape index (κ2) is 17.7. The largest absolute Gasteiger partial charge is 0.490 e. The number of aliphatic hydroxyl groups is 3. The van der Waals surface area contributed by atoms with Gasteiger partial charge in [0.15, 0.2) is 23.5 Å². The van der Waals surface area contributed by atoms with Gasteiger partial charge in [0, 0.05) is 40.8 Å². The van der Waals surface area contributed by atoms with Gasteiger partial charge in [0.2, 0.25) is 5.91 Å². The van der Waals surface area contributed by atoms with Crippen molar-refractivity contribution in [1.29, 1.82) is 0 Å². The van der Waals surface area contributed by atoms with E-state index in [0.717, 1.165) is 12.0 Å². The highest BCUT2D eigenvalue weighted by molar-refractivity contribution is 6.01. The molecular formula is C45H62FN3O11. The van der Waals surface area contributed by atoms with Gasteiger partial charge < -0.3 is 45.3 Å². The Morgan fingerprint density at radius 1 is 1.12 bits per heavy atom. The predicted molar refractivity (Wildman–Crippen MR) is 215 cm³/mol. The van der Waals surface area contributed by atoms with Crippen molar-refractivity contribution in [3.8, 4) is 5.75 Å². The molecule has 0 radical (unpaired) electrons. The van der Waals surface area contributed by atoms with E-state index in [-0.39, 0.29) is 79.6 Å². The van der Waals surface area contributed by atoms with Crippen LogP contribution < -0.4 is 21.1 Å². The third kappa shape index (κ3) is 8.23. The number of ketones is 2. The number of benzene rings is 1. The molecule has 1 amide bonds. The molecule has 7 rings (SSSR count). The van der Waals surface area contributed by atoms with Crippen LogP contribution in [0.1, 0.15) is 104 Å². The SMILES string of the molecule is CC(C)COC(=O)CC[C@H](NC(=O)CN)C(O)NC1CCC(Oc2ccc([C@@H]3O[C@@H]4C[C@H]5[C@@H]6CCC7=CC(=O)C=C[C@]7(C)[C@H]6[C@@H](O)C[C@]5(C)[C@]4(C(=O)CO)O3)c(F)c2)CC1. The number of amides is 1. The summed E-state index contributed by atoms with van der Waals surface area (Å²) in [5, 5.41) is 39.1. The van der Waals surface area contributed by atoms with Crippen LogP contribution in [0.3, 0.4) is 0 Å². The van der Waals surface area contributed by atoms with Gasteiger partial charge >= 0.3 is 5.97 Å². The Labute approximate surface area is 350 Å². The first-order chi connectivity index (χ1) is 28.5. The van der Waals surface area contributed by atoms with Gasteiger partial charge in [0.05, 0.1) is 37.5 Å². The maximum absolute atomic E-state index is 16.0. The molecule has 5 aliphatic carbocycles. The highest BCUT2D eigenvalue weighted by Crippen LogP contribution is 2.70. The summed E-state index contributed by atoms with van der Waals surface area (Å²) in [4.78, 5) is 50.5. The highest BCUT2D eigenvalue weighted by Gasteiger charge is 2.76. The molecule has 1 aromatic carbocycles. The Morgan fingerprint density at radius 2 is 1.87 bits per heavy atom. The lowest BCUT2D eigenvalue weighted by molar-refractivity contribution is -0.201. The van der Waals surface area contributed by atoms with E-state index in [1.165, 1.54) is 12.1 Å². The van der Waals surface area contributed by atoms with Gasteiger partial charge in [-0.2, -0.15) is 0 Å². The normalized spacial score (nSPS) is 36.6. The highest BCUT2D eigenvalue weighted by atomic mass is 19.1. The number of aliphatic hydroxyl groups excluding tert-OH is 3. The van der Waals surface area contributed by atoms with Gasteiger partial charge in [-0.3, -0.25) is 24.5 Å². The van der Waals surface area contributed by atoms with Crippen LogP contribution in [0.4, 0.5) is 4.39 Å². The number of carbonyl (C=O) groups is 4. The monoisotopic (exact) mass is 839 g/mol. The zero-order valence-corrected chi connectivity index (χ0v) is 35.1. The number of esters is 1. The van der Waals surface area contributed by atoms with E-state index in [1.54, 1.807) is 18.2 Å². The standard InChI is InChI=1S/C45H62FN3O11/c1-24(2)23-57-39(55)14-13-34(49-38(54)21-47)41(56)48-26-6-8-28(9-7-26)58-29-10-12-31(33(46)18-29)42-59-37-19-32-30-11-5-25-17-27(51)15-16-43(25,3)40(30)35(52)20-44(32,4)45(37,60-42)36(53)22-50/h10,12,15-18,24,26,28,30,32,34-35,37,40-42,48,50,52,56H,5-9,11,13-14,19-23,47H2,1-4H3,(H,49,54)/t26?,28?,30-,32-,34-,35-,37+,40+,41?,42+,43-,44-,45+/m0/s1. The number of halogens is 1. The molecule has 0 bridgehead atoms. The summed E-state index contributed by atoms with van der Waals surface area (Å²) in [6.45, 7) is 7.12. The Bertz CT molecular complexity index is 1870. The van der Waals surface area contributed by atoms with Crippen molar-refractivity contribution >= 4 is 23.4 Å². The first-order valence-corrected chi connectivity index (χ1v) is 21.7. The van der Waals surface area contributed by atoms with Crippen LogP contribution >= 0.6 is 0 Å². The second-order valence-electron chi connectivity index (χ2n) is 18.7. The van der Waals surface area contributed by atoms with Crippen LogP contribution in [0.2, 0.25) is 0 Å². The molecule has 6 aliphatic rings. The van der Waals surface area contributed by atoms with E-state index in [1.807, 2.05) is 26.8 Å². The van der Waals surface area contributed by atoms with E-state index < -0.39 is 77.3 Å². The Hall–Kier alpha value is -3.57. The van der Waals surface area contributed by atoms with Crippen molar-refractivity contribution in [3.63, 3.8) is 0 Å². The molecule has 11 atom stereocenters. The molecule has 7 N–H and O–H groups in total. The first-order valence-electron chi connectivity index (χ1n) is 21.7. The summed E-state index contributed by atoms with van der Waals surface area (Å²) in [7, 11) is 0. The van der Waals surface area contributed by atoms with Crippen molar-refractivity contribution in [1.82, 2.24) is 10.6 Å². The number of Topliss-reactive ketones (excluding diaryl/α,β-unsaturated/α-hetero) is 1. The van der Waals surface area contributed by atoms with Crippen molar-refractivity contribution in [2.45, 2.75) is 140 Å². The molecule has 330 valence electrons. The van der Waals surface area contributed by atoms with Gasteiger partial charge in [0.25, 0.3) is 0 Å². The average Bonchev–Trinajstić information content (AvgIpc) is 3.71. The molecule has 14 nitrogen and oxygen atoms in total. The van der Waals surface area contributed by atoms with Crippen LogP contribution in [-0.2, 0) is 33.4 Å². The average molecular weight is 840 g/mol. The number of nitrogens with two attached hydrogens (primary N) is 1. The van der Waals surface area contributed by atoms with Crippen molar-refractivity contribution in [2.24, 2.45) is 40.2 Å². The van der Waals surface area contributed by atoms with E-state index in [2.05, 4.69) is 17.6 Å². The number of hydrogen-bond donors (Lipinski definition) is 6. The lowest BCUT2D eigenvalue weighted by Crippen LogP contribution is -2.63. The first kappa shape index (κ1) is 44.5. The minimum Gasteiger partial charge on any atom is -0.490 e. The van der Waals surface area contributed by atoms with Crippen LogP contribution in [0.15, 0.2) is 42.0 Å². The van der Waals surface area contributed by atoms with Gasteiger partial charge in [-0.1, -0.05) is 39.3 Å². The molecule has 1 unspecified atom stereocenters. The fourth-order valence-electron chi connectivity index (χ4n) is 11.7. The summed E-state index contributed by atoms with van der Waals surface area (Å²) in [5.41, 5.74) is 3.59. The molecule has 5 fully saturated rings. The molecule has 1 aliphatic heterocycles. The summed E-state index contributed by atoms with van der Waals surface area (Å²) >= 11 is 0. The zero-order valence-electron chi connectivity index (χ0n) is 35.1.